The molecule has 0 saturated carbocycles. The fourth-order valence-corrected chi connectivity index (χ4v) is 5.17. The van der Waals surface area contributed by atoms with E-state index >= 15 is 0 Å². The van der Waals surface area contributed by atoms with Crippen molar-refractivity contribution in [2.24, 2.45) is 5.92 Å². The maximum atomic E-state index is 13.1. The second kappa shape index (κ2) is 7.54. The van der Waals surface area contributed by atoms with Crippen LogP contribution >= 0.6 is 0 Å². The highest BCUT2D eigenvalue weighted by Gasteiger charge is 2.37. The van der Waals surface area contributed by atoms with Crippen molar-refractivity contribution in [1.82, 2.24) is 14.4 Å². The standard InChI is InChI=1S/C25H27N3O3/c1-4-27(5-2)24(29)17-12-19-18-8-6-9-20-23(18)16(13-21(19)26(3)14-17)15-28(20)25(30)22-10-7-11-31-22/h6-12,15,17,21H,4-5,13-14H2,1-3H3/t17-,21-/m1/s1. The molecule has 31 heavy (non-hydrogen) atoms. The van der Waals surface area contributed by atoms with E-state index in [9.17, 15) is 9.59 Å². The molecule has 6 heteroatoms. The number of rotatable bonds is 4. The van der Waals surface area contributed by atoms with Gasteiger partial charge in [0.1, 0.15) is 0 Å². The van der Waals surface area contributed by atoms with Gasteiger partial charge < -0.3 is 9.32 Å². The Hall–Kier alpha value is -3.12. The quantitative estimate of drug-likeness (QED) is 0.650. The first-order valence-electron chi connectivity index (χ1n) is 11.0. The zero-order valence-electron chi connectivity index (χ0n) is 18.2. The highest BCUT2D eigenvalue weighted by atomic mass is 16.3. The number of nitrogens with zero attached hydrogens (tertiary/aromatic N) is 3. The number of fused-ring (bicyclic) bond motifs is 2. The van der Waals surface area contributed by atoms with Gasteiger partial charge >= 0.3 is 0 Å². The van der Waals surface area contributed by atoms with Crippen molar-refractivity contribution in [3.05, 3.63) is 65.8 Å². The summed E-state index contributed by atoms with van der Waals surface area (Å²) in [6.07, 6.45) is 6.47. The summed E-state index contributed by atoms with van der Waals surface area (Å²) in [6.45, 7) is 6.20. The van der Waals surface area contributed by atoms with E-state index < -0.39 is 0 Å². The number of carbonyl (C=O) groups excluding carboxylic acids is 2. The number of aromatic nitrogens is 1. The Bertz CT molecular complexity index is 1180. The molecule has 1 amide bonds. The van der Waals surface area contributed by atoms with Gasteiger partial charge in [0.05, 0.1) is 17.7 Å². The average molecular weight is 418 g/mol. The molecule has 0 radical (unpaired) electrons. The first-order chi connectivity index (χ1) is 15.0. The first-order valence-corrected chi connectivity index (χ1v) is 11.0. The van der Waals surface area contributed by atoms with Crippen molar-refractivity contribution in [3.63, 3.8) is 0 Å². The lowest BCUT2D eigenvalue weighted by Gasteiger charge is -2.40. The molecule has 2 aliphatic rings. The van der Waals surface area contributed by atoms with Gasteiger partial charge in [-0.2, -0.15) is 0 Å². The molecule has 0 fully saturated rings. The van der Waals surface area contributed by atoms with E-state index in [2.05, 4.69) is 24.1 Å². The molecule has 160 valence electrons. The second-order valence-corrected chi connectivity index (χ2v) is 8.41. The van der Waals surface area contributed by atoms with Crippen LogP contribution in [0.2, 0.25) is 0 Å². The van der Waals surface area contributed by atoms with Crippen LogP contribution in [-0.2, 0) is 11.2 Å². The van der Waals surface area contributed by atoms with E-state index in [-0.39, 0.29) is 23.8 Å². The smallest absolute Gasteiger partial charge is 0.298 e. The molecule has 0 N–H and O–H groups in total. The van der Waals surface area contributed by atoms with Gasteiger partial charge in [-0.25, -0.2) is 0 Å². The van der Waals surface area contributed by atoms with Gasteiger partial charge in [-0.15, -0.1) is 0 Å². The lowest BCUT2D eigenvalue weighted by Crippen LogP contribution is -2.47. The van der Waals surface area contributed by atoms with Crippen molar-refractivity contribution in [2.75, 3.05) is 26.7 Å². The minimum Gasteiger partial charge on any atom is -0.459 e. The van der Waals surface area contributed by atoms with E-state index in [4.69, 9.17) is 4.42 Å². The molecule has 2 atom stereocenters. The number of carbonyl (C=O) groups is 2. The van der Waals surface area contributed by atoms with Crippen molar-refractivity contribution in [2.45, 2.75) is 26.3 Å². The third-order valence-corrected chi connectivity index (χ3v) is 6.73. The summed E-state index contributed by atoms with van der Waals surface area (Å²) in [5.41, 5.74) is 4.36. The maximum absolute atomic E-state index is 13.1. The highest BCUT2D eigenvalue weighted by molar-refractivity contribution is 6.06. The molecule has 1 aliphatic carbocycles. The maximum Gasteiger partial charge on any atom is 0.298 e. The van der Waals surface area contributed by atoms with Crippen LogP contribution in [0.15, 0.2) is 53.3 Å². The summed E-state index contributed by atoms with van der Waals surface area (Å²) in [6, 6.07) is 9.71. The number of hydrogen-bond donors (Lipinski definition) is 0. The van der Waals surface area contributed by atoms with Crippen LogP contribution in [0.4, 0.5) is 0 Å². The minimum absolute atomic E-state index is 0.153. The summed E-state index contributed by atoms with van der Waals surface area (Å²) >= 11 is 0. The lowest BCUT2D eigenvalue weighted by molar-refractivity contribution is -0.134. The molecular weight excluding hydrogens is 390 g/mol. The molecule has 3 heterocycles. The number of benzene rings is 1. The Balaban J connectivity index is 1.62. The van der Waals surface area contributed by atoms with Crippen LogP contribution in [0.25, 0.3) is 16.5 Å². The lowest BCUT2D eigenvalue weighted by atomic mass is 9.79. The zero-order valence-corrected chi connectivity index (χ0v) is 18.2. The van der Waals surface area contributed by atoms with Crippen LogP contribution in [0, 0.1) is 5.92 Å². The topological polar surface area (TPSA) is 58.7 Å². The molecule has 0 bridgehead atoms. The predicted molar refractivity (Wildman–Crippen MR) is 120 cm³/mol. The van der Waals surface area contributed by atoms with Gasteiger partial charge in [0.25, 0.3) is 5.91 Å². The molecule has 0 saturated heterocycles. The van der Waals surface area contributed by atoms with E-state index in [1.54, 1.807) is 16.7 Å². The molecule has 3 aromatic rings. The molecule has 2 aromatic heterocycles. The first kappa shape index (κ1) is 19.8. The van der Waals surface area contributed by atoms with E-state index in [0.717, 1.165) is 41.5 Å². The summed E-state index contributed by atoms with van der Waals surface area (Å²) in [4.78, 5) is 30.3. The van der Waals surface area contributed by atoms with Crippen molar-refractivity contribution >= 4 is 28.3 Å². The minimum atomic E-state index is -0.166. The number of likely N-dealkylation sites (N-methyl/N-ethyl adjacent to an activating group) is 1. The Morgan fingerprint density at radius 3 is 2.68 bits per heavy atom. The summed E-state index contributed by atoms with van der Waals surface area (Å²) in [7, 11) is 2.09. The van der Waals surface area contributed by atoms with Gasteiger partial charge in [-0.3, -0.25) is 19.1 Å². The van der Waals surface area contributed by atoms with Gasteiger partial charge in [0, 0.05) is 37.3 Å². The van der Waals surface area contributed by atoms with E-state index in [1.807, 2.05) is 37.1 Å². The number of hydrogen-bond acceptors (Lipinski definition) is 4. The van der Waals surface area contributed by atoms with Gasteiger partial charge in [-0.1, -0.05) is 18.2 Å². The number of amides is 1. The fraction of sp³-hybridized carbons (Fsp3) is 0.360. The Morgan fingerprint density at radius 1 is 1.16 bits per heavy atom. The zero-order chi connectivity index (χ0) is 21.7. The fourth-order valence-electron chi connectivity index (χ4n) is 5.17. The average Bonchev–Trinajstić information content (AvgIpc) is 3.44. The Morgan fingerprint density at radius 2 is 1.97 bits per heavy atom. The van der Waals surface area contributed by atoms with Crippen LogP contribution in [0.3, 0.4) is 0 Å². The van der Waals surface area contributed by atoms with Crippen molar-refractivity contribution < 1.29 is 14.0 Å². The largest absolute Gasteiger partial charge is 0.459 e. The predicted octanol–water partition coefficient (Wildman–Crippen LogP) is 3.66. The molecule has 1 aromatic carbocycles. The van der Waals surface area contributed by atoms with Gasteiger partial charge in [0.15, 0.2) is 5.76 Å². The third kappa shape index (κ3) is 3.05. The second-order valence-electron chi connectivity index (χ2n) is 8.41. The van der Waals surface area contributed by atoms with Gasteiger partial charge in [-0.05, 0) is 62.2 Å². The third-order valence-electron chi connectivity index (χ3n) is 6.73. The Kier molecular flexibility index (Phi) is 4.82. The molecule has 6 nitrogen and oxygen atoms in total. The molecule has 0 unspecified atom stereocenters. The van der Waals surface area contributed by atoms with Crippen LogP contribution < -0.4 is 0 Å². The van der Waals surface area contributed by atoms with Crippen molar-refractivity contribution in [1.29, 1.82) is 0 Å². The normalized spacial score (nSPS) is 20.4. The molecule has 5 rings (SSSR count). The monoisotopic (exact) mass is 417 g/mol. The molecule has 1 aliphatic heterocycles. The SMILES string of the molecule is CCN(CC)C(=O)[C@@H]1C=C2c3cccc4c3c(cn4C(=O)c3ccco3)C[C@H]2N(C)C1. The van der Waals surface area contributed by atoms with E-state index in [0.29, 0.717) is 12.3 Å². The molecular formula is C25H27N3O3. The summed E-state index contributed by atoms with van der Waals surface area (Å²) < 4.78 is 7.05. The Labute approximate surface area is 181 Å². The van der Waals surface area contributed by atoms with Crippen LogP contribution in [-0.4, -0.2) is 58.9 Å². The van der Waals surface area contributed by atoms with E-state index in [1.165, 1.54) is 11.8 Å². The highest BCUT2D eigenvalue weighted by Crippen LogP contribution is 2.42. The van der Waals surface area contributed by atoms with Gasteiger partial charge in [0.2, 0.25) is 5.91 Å². The van der Waals surface area contributed by atoms with Crippen molar-refractivity contribution in [3.8, 4) is 0 Å². The molecule has 0 spiro atoms. The van der Waals surface area contributed by atoms with Crippen LogP contribution in [0.5, 0.6) is 0 Å². The van der Waals surface area contributed by atoms with Crippen LogP contribution in [0.1, 0.15) is 35.5 Å². The summed E-state index contributed by atoms with van der Waals surface area (Å²) in [5.74, 6) is 0.193. The summed E-state index contributed by atoms with van der Waals surface area (Å²) in [5, 5.41) is 1.11. The number of furan rings is 1.